The average molecular weight is 500 g/mol. The molecule has 2 bridgehead atoms. The van der Waals surface area contributed by atoms with Gasteiger partial charge in [0.2, 0.25) is 5.91 Å². The molecule has 5 atom stereocenters. The Morgan fingerprint density at radius 2 is 1.92 bits per heavy atom. The maximum absolute atomic E-state index is 14.7. The van der Waals surface area contributed by atoms with E-state index in [1.54, 1.807) is 7.11 Å². The first-order valence-electron chi connectivity index (χ1n) is 14.1. The molecule has 0 N–H and O–H groups in total. The third kappa shape index (κ3) is 3.42. The summed E-state index contributed by atoms with van der Waals surface area (Å²) < 4.78 is 18.9. The van der Waals surface area contributed by atoms with Crippen LogP contribution in [0.2, 0.25) is 0 Å². The molecule has 194 valence electrons. The number of fused-ring (bicyclic) bond motifs is 3. The van der Waals surface area contributed by atoms with Gasteiger partial charge in [0.25, 0.3) is 0 Å². The number of hydrogen-bond donors (Lipinski definition) is 0. The molecule has 4 saturated carbocycles. The predicted molar refractivity (Wildman–Crippen MR) is 143 cm³/mol. The summed E-state index contributed by atoms with van der Waals surface area (Å²) in [6.45, 7) is 2.92. The van der Waals surface area contributed by atoms with Crippen LogP contribution >= 0.6 is 0 Å². The number of para-hydroxylation sites is 1. The van der Waals surface area contributed by atoms with Crippen molar-refractivity contribution < 1.29 is 19.0 Å². The molecule has 5 heteroatoms. The number of methoxy groups -OCH3 is 1. The number of hydrogen-bond acceptors (Lipinski definition) is 4. The number of amides is 1. The van der Waals surface area contributed by atoms with E-state index >= 15 is 0 Å². The van der Waals surface area contributed by atoms with E-state index in [0.29, 0.717) is 31.0 Å². The Balaban J connectivity index is 1.22. The van der Waals surface area contributed by atoms with E-state index in [9.17, 15) is 4.79 Å². The van der Waals surface area contributed by atoms with Gasteiger partial charge in [-0.3, -0.25) is 4.79 Å². The van der Waals surface area contributed by atoms with Crippen LogP contribution in [0.3, 0.4) is 0 Å². The lowest BCUT2D eigenvalue weighted by molar-refractivity contribution is -0.201. The van der Waals surface area contributed by atoms with Crippen molar-refractivity contribution in [3.05, 3.63) is 65.7 Å². The molecule has 6 aliphatic rings. The van der Waals surface area contributed by atoms with E-state index < -0.39 is 5.41 Å². The molecule has 1 saturated heterocycles. The van der Waals surface area contributed by atoms with Gasteiger partial charge in [0.15, 0.2) is 11.5 Å². The SMILES string of the molecule is COc1cccc2c1OC1C3CCC4(C(=O)N(CC5CC5)CCC214)C(COC/C=C/c1ccccc1)C3. The third-order valence-electron chi connectivity index (χ3n) is 10.1. The highest BCUT2D eigenvalue weighted by atomic mass is 16.5. The second-order valence-corrected chi connectivity index (χ2v) is 11.8. The zero-order valence-corrected chi connectivity index (χ0v) is 21.7. The Hall–Kier alpha value is -2.79. The molecular weight excluding hydrogens is 462 g/mol. The maximum atomic E-state index is 14.7. The second-order valence-electron chi connectivity index (χ2n) is 11.8. The molecular formula is C32H37NO4. The zero-order valence-electron chi connectivity index (χ0n) is 21.7. The van der Waals surface area contributed by atoms with Crippen LogP contribution in [0.15, 0.2) is 54.6 Å². The molecule has 2 heterocycles. The lowest BCUT2D eigenvalue weighted by Crippen LogP contribution is -2.74. The highest BCUT2D eigenvalue weighted by molar-refractivity contribution is 5.88. The van der Waals surface area contributed by atoms with Crippen molar-refractivity contribution >= 4 is 12.0 Å². The monoisotopic (exact) mass is 499 g/mol. The molecule has 2 aliphatic heterocycles. The molecule has 2 aromatic carbocycles. The molecule has 0 aromatic heterocycles. The first-order chi connectivity index (χ1) is 18.2. The Labute approximate surface area is 219 Å². The van der Waals surface area contributed by atoms with Gasteiger partial charge in [0, 0.05) is 18.7 Å². The summed E-state index contributed by atoms with van der Waals surface area (Å²) in [5, 5.41) is 0. The second kappa shape index (κ2) is 8.90. The fourth-order valence-electron chi connectivity index (χ4n) is 8.38. The number of likely N-dealkylation sites (tertiary alicyclic amines) is 1. The van der Waals surface area contributed by atoms with Gasteiger partial charge in [-0.25, -0.2) is 0 Å². The van der Waals surface area contributed by atoms with Gasteiger partial charge in [-0.15, -0.1) is 0 Å². The molecule has 37 heavy (non-hydrogen) atoms. The van der Waals surface area contributed by atoms with Crippen LogP contribution in [-0.2, 0) is 14.9 Å². The fourth-order valence-corrected chi connectivity index (χ4v) is 8.38. The number of rotatable bonds is 8. The Kier molecular flexibility index (Phi) is 5.62. The normalized spacial score (nSPS) is 33.7. The van der Waals surface area contributed by atoms with Crippen LogP contribution < -0.4 is 9.47 Å². The summed E-state index contributed by atoms with van der Waals surface area (Å²) in [4.78, 5) is 16.9. The largest absolute Gasteiger partial charge is 0.493 e. The van der Waals surface area contributed by atoms with Crippen molar-refractivity contribution in [1.29, 1.82) is 0 Å². The number of piperidine rings is 1. The molecule has 4 aliphatic carbocycles. The summed E-state index contributed by atoms with van der Waals surface area (Å²) in [7, 11) is 1.71. The number of carbonyl (C=O) groups excluding carboxylic acids is 1. The van der Waals surface area contributed by atoms with Gasteiger partial charge < -0.3 is 19.1 Å². The molecule has 1 amide bonds. The zero-order chi connectivity index (χ0) is 25.0. The van der Waals surface area contributed by atoms with Crippen molar-refractivity contribution in [2.75, 3.05) is 33.4 Å². The van der Waals surface area contributed by atoms with Crippen molar-refractivity contribution in [1.82, 2.24) is 4.90 Å². The van der Waals surface area contributed by atoms with Gasteiger partial charge in [-0.1, -0.05) is 54.6 Å². The summed E-state index contributed by atoms with van der Waals surface area (Å²) in [5.41, 5.74) is 1.62. The van der Waals surface area contributed by atoms with Crippen LogP contribution in [-0.4, -0.2) is 50.3 Å². The number of nitrogens with zero attached hydrogens (tertiary/aromatic N) is 1. The van der Waals surface area contributed by atoms with Gasteiger partial charge in [0.1, 0.15) is 6.10 Å². The highest BCUT2D eigenvalue weighted by Gasteiger charge is 2.76. The standard InChI is InChI=1S/C32H37NO4/c1-35-27-11-5-10-26-28(27)37-29-24-14-15-31(30(34)33(20-23-12-13-23)17-16-32(26,29)31)25(19-24)21-36-18-6-9-22-7-3-2-4-8-22/h2-11,23-25,29H,12-21H2,1H3/b9-6+. The molecule has 5 fully saturated rings. The topological polar surface area (TPSA) is 48.0 Å². The third-order valence-corrected chi connectivity index (χ3v) is 10.1. The van der Waals surface area contributed by atoms with Crippen LogP contribution in [0.1, 0.15) is 49.7 Å². The van der Waals surface area contributed by atoms with E-state index in [2.05, 4.69) is 41.3 Å². The minimum atomic E-state index is -0.472. The fraction of sp³-hybridized carbons (Fsp3) is 0.531. The molecule has 8 rings (SSSR count). The maximum Gasteiger partial charge on any atom is 0.230 e. The van der Waals surface area contributed by atoms with E-state index in [0.717, 1.165) is 50.3 Å². The Morgan fingerprint density at radius 1 is 1.05 bits per heavy atom. The van der Waals surface area contributed by atoms with Crippen LogP contribution in [0.5, 0.6) is 11.5 Å². The molecule has 0 radical (unpaired) electrons. The van der Waals surface area contributed by atoms with Crippen molar-refractivity contribution in [3.8, 4) is 11.5 Å². The van der Waals surface area contributed by atoms with Crippen LogP contribution in [0.4, 0.5) is 0 Å². The minimum absolute atomic E-state index is 0.0498. The van der Waals surface area contributed by atoms with Gasteiger partial charge in [-0.05, 0) is 67.9 Å². The molecule has 5 unspecified atom stereocenters. The molecule has 2 aromatic rings. The van der Waals surface area contributed by atoms with Crippen molar-refractivity contribution in [3.63, 3.8) is 0 Å². The quantitative estimate of drug-likeness (QED) is 0.451. The minimum Gasteiger partial charge on any atom is -0.493 e. The number of benzene rings is 2. The molecule has 2 spiro atoms. The lowest BCUT2D eigenvalue weighted by Gasteiger charge is -2.66. The number of carbonyl (C=O) groups is 1. The van der Waals surface area contributed by atoms with Gasteiger partial charge >= 0.3 is 0 Å². The van der Waals surface area contributed by atoms with Crippen LogP contribution in [0, 0.1) is 23.2 Å². The first kappa shape index (κ1) is 23.3. The molecule has 5 nitrogen and oxygen atoms in total. The van der Waals surface area contributed by atoms with Gasteiger partial charge in [-0.2, -0.15) is 0 Å². The summed E-state index contributed by atoms with van der Waals surface area (Å²) >= 11 is 0. The Bertz CT molecular complexity index is 1210. The van der Waals surface area contributed by atoms with E-state index in [1.807, 2.05) is 24.3 Å². The van der Waals surface area contributed by atoms with E-state index in [4.69, 9.17) is 14.2 Å². The van der Waals surface area contributed by atoms with Gasteiger partial charge in [0.05, 0.1) is 31.2 Å². The van der Waals surface area contributed by atoms with Crippen molar-refractivity contribution in [2.24, 2.45) is 23.2 Å². The lowest BCUT2D eigenvalue weighted by atomic mass is 9.39. The van der Waals surface area contributed by atoms with Crippen molar-refractivity contribution in [2.45, 2.75) is 50.0 Å². The predicted octanol–water partition coefficient (Wildman–Crippen LogP) is 5.48. The summed E-state index contributed by atoms with van der Waals surface area (Å²) in [6.07, 6.45) is 10.7. The van der Waals surface area contributed by atoms with E-state index in [-0.39, 0.29) is 17.4 Å². The highest BCUT2D eigenvalue weighted by Crippen LogP contribution is 2.72. The first-order valence-corrected chi connectivity index (χ1v) is 14.1. The van der Waals surface area contributed by atoms with Crippen LogP contribution in [0.25, 0.3) is 6.08 Å². The summed E-state index contributed by atoms with van der Waals surface area (Å²) in [5.74, 6) is 3.36. The Morgan fingerprint density at radius 3 is 2.73 bits per heavy atom. The van der Waals surface area contributed by atoms with E-state index in [1.165, 1.54) is 24.0 Å². The summed E-state index contributed by atoms with van der Waals surface area (Å²) in [6, 6.07) is 16.6. The number of ether oxygens (including phenoxy) is 3. The smallest absolute Gasteiger partial charge is 0.230 e. The average Bonchev–Trinajstić information content (AvgIpc) is 3.69.